The number of hydrogen-bond acceptors (Lipinski definition) is 2. The summed E-state index contributed by atoms with van der Waals surface area (Å²) in [5, 5.41) is 0. The molecule has 0 aromatic rings. The normalized spacial score (nSPS) is 26.8. The van der Waals surface area contributed by atoms with Gasteiger partial charge in [0.15, 0.2) is 0 Å². The Morgan fingerprint density at radius 1 is 1.20 bits per heavy atom. The van der Waals surface area contributed by atoms with Crippen LogP contribution in [0.1, 0.15) is 39.5 Å². The van der Waals surface area contributed by atoms with Gasteiger partial charge in [-0.25, -0.2) is 0 Å². The van der Waals surface area contributed by atoms with Gasteiger partial charge < -0.3 is 9.64 Å². The molecule has 1 heterocycles. The minimum atomic E-state index is 0.721. The summed E-state index contributed by atoms with van der Waals surface area (Å²) in [5.74, 6) is 0.853. The fraction of sp³-hybridized carbons (Fsp3) is 1.00. The second kappa shape index (κ2) is 4.84. The molecular formula is C13H25NO. The first-order valence-electron chi connectivity index (χ1n) is 6.58. The van der Waals surface area contributed by atoms with E-state index in [4.69, 9.17) is 4.74 Å². The predicted octanol–water partition coefficient (Wildman–Crippen LogP) is 2.54. The van der Waals surface area contributed by atoms with E-state index < -0.39 is 0 Å². The van der Waals surface area contributed by atoms with Crippen molar-refractivity contribution >= 4 is 0 Å². The zero-order chi connectivity index (χ0) is 10.7. The Morgan fingerprint density at radius 2 is 1.87 bits per heavy atom. The van der Waals surface area contributed by atoms with Crippen LogP contribution in [0.5, 0.6) is 0 Å². The fourth-order valence-corrected chi connectivity index (χ4v) is 3.18. The number of nitrogens with zero attached hydrogens (tertiary/aromatic N) is 1. The Labute approximate surface area is 94.0 Å². The summed E-state index contributed by atoms with van der Waals surface area (Å²) < 4.78 is 5.52. The summed E-state index contributed by atoms with van der Waals surface area (Å²) in [7, 11) is 0. The standard InChI is InChI=1S/C13H25NO/c1-3-14-10-13(11-14)7-5-12(6-8-13)9-15-4-2/h12H,3-11H2,1-2H3. The van der Waals surface area contributed by atoms with Gasteiger partial charge in [-0.1, -0.05) is 6.92 Å². The molecule has 0 bridgehead atoms. The molecule has 0 N–H and O–H groups in total. The molecule has 1 saturated carbocycles. The summed E-state index contributed by atoms with van der Waals surface area (Å²) >= 11 is 0. The molecule has 2 nitrogen and oxygen atoms in total. The van der Waals surface area contributed by atoms with Crippen LogP contribution in [-0.2, 0) is 4.74 Å². The second-order valence-corrected chi connectivity index (χ2v) is 5.41. The molecule has 0 unspecified atom stereocenters. The van der Waals surface area contributed by atoms with E-state index in [2.05, 4.69) is 18.7 Å². The molecule has 2 fully saturated rings. The van der Waals surface area contributed by atoms with E-state index in [9.17, 15) is 0 Å². The molecule has 1 saturated heterocycles. The Bertz CT molecular complexity index is 189. The monoisotopic (exact) mass is 211 g/mol. The third kappa shape index (κ3) is 2.54. The van der Waals surface area contributed by atoms with Crippen molar-refractivity contribution in [1.29, 1.82) is 0 Å². The van der Waals surface area contributed by atoms with E-state index in [1.807, 2.05) is 0 Å². The quantitative estimate of drug-likeness (QED) is 0.708. The van der Waals surface area contributed by atoms with Crippen molar-refractivity contribution in [2.24, 2.45) is 11.3 Å². The van der Waals surface area contributed by atoms with Crippen LogP contribution >= 0.6 is 0 Å². The Morgan fingerprint density at radius 3 is 2.40 bits per heavy atom. The molecule has 1 spiro atoms. The highest BCUT2D eigenvalue weighted by atomic mass is 16.5. The first-order valence-corrected chi connectivity index (χ1v) is 6.58. The summed E-state index contributed by atoms with van der Waals surface area (Å²) in [5.41, 5.74) is 0.721. The van der Waals surface area contributed by atoms with Crippen molar-refractivity contribution in [2.45, 2.75) is 39.5 Å². The Balaban J connectivity index is 1.69. The van der Waals surface area contributed by atoms with E-state index in [0.717, 1.165) is 24.5 Å². The highest BCUT2D eigenvalue weighted by Gasteiger charge is 2.43. The minimum Gasteiger partial charge on any atom is -0.381 e. The van der Waals surface area contributed by atoms with Crippen LogP contribution in [0.15, 0.2) is 0 Å². The van der Waals surface area contributed by atoms with E-state index in [1.54, 1.807) is 0 Å². The lowest BCUT2D eigenvalue weighted by Gasteiger charge is -2.53. The van der Waals surface area contributed by atoms with Gasteiger partial charge in [0.1, 0.15) is 0 Å². The SMILES string of the molecule is CCOCC1CCC2(CC1)CN(CC)C2. The lowest BCUT2D eigenvalue weighted by Crippen LogP contribution is -2.57. The van der Waals surface area contributed by atoms with Gasteiger partial charge in [0.05, 0.1) is 0 Å². The van der Waals surface area contributed by atoms with Gasteiger partial charge in [0.25, 0.3) is 0 Å². The highest BCUT2D eigenvalue weighted by molar-refractivity contribution is 4.97. The predicted molar refractivity (Wildman–Crippen MR) is 63.0 cm³/mol. The fourth-order valence-electron chi connectivity index (χ4n) is 3.18. The average molecular weight is 211 g/mol. The van der Waals surface area contributed by atoms with Crippen LogP contribution in [0.3, 0.4) is 0 Å². The third-order valence-corrected chi connectivity index (χ3v) is 4.29. The van der Waals surface area contributed by atoms with Crippen LogP contribution in [0.4, 0.5) is 0 Å². The summed E-state index contributed by atoms with van der Waals surface area (Å²) in [6, 6.07) is 0. The molecule has 0 aromatic heterocycles. The lowest BCUT2D eigenvalue weighted by atomic mass is 9.66. The smallest absolute Gasteiger partial charge is 0.0494 e. The molecule has 0 amide bonds. The molecule has 15 heavy (non-hydrogen) atoms. The molecular weight excluding hydrogens is 186 g/mol. The molecule has 2 aliphatic rings. The van der Waals surface area contributed by atoms with E-state index in [0.29, 0.717) is 0 Å². The van der Waals surface area contributed by atoms with Gasteiger partial charge in [-0.3, -0.25) is 0 Å². The first-order chi connectivity index (χ1) is 7.28. The molecule has 2 heteroatoms. The van der Waals surface area contributed by atoms with Crippen LogP contribution in [0.25, 0.3) is 0 Å². The van der Waals surface area contributed by atoms with Gasteiger partial charge >= 0.3 is 0 Å². The van der Waals surface area contributed by atoms with Crippen LogP contribution in [0, 0.1) is 11.3 Å². The van der Waals surface area contributed by atoms with Gasteiger partial charge in [-0.15, -0.1) is 0 Å². The molecule has 0 atom stereocenters. The first kappa shape index (κ1) is 11.4. The van der Waals surface area contributed by atoms with Crippen molar-refractivity contribution < 1.29 is 4.74 Å². The minimum absolute atomic E-state index is 0.721. The number of ether oxygens (including phenoxy) is 1. The van der Waals surface area contributed by atoms with Crippen molar-refractivity contribution in [3.8, 4) is 0 Å². The van der Waals surface area contributed by atoms with Gasteiger partial charge in [-0.05, 0) is 50.5 Å². The maximum Gasteiger partial charge on any atom is 0.0494 e. The van der Waals surface area contributed by atoms with E-state index in [1.165, 1.54) is 45.3 Å². The molecule has 0 aromatic carbocycles. The average Bonchev–Trinajstić information content (AvgIpc) is 2.24. The van der Waals surface area contributed by atoms with E-state index in [-0.39, 0.29) is 0 Å². The maximum absolute atomic E-state index is 5.52. The molecule has 88 valence electrons. The van der Waals surface area contributed by atoms with E-state index >= 15 is 0 Å². The summed E-state index contributed by atoms with van der Waals surface area (Å²) in [6.45, 7) is 10.2. The number of likely N-dealkylation sites (tertiary alicyclic amines) is 1. The summed E-state index contributed by atoms with van der Waals surface area (Å²) in [4.78, 5) is 2.57. The third-order valence-electron chi connectivity index (χ3n) is 4.29. The zero-order valence-electron chi connectivity index (χ0n) is 10.3. The lowest BCUT2D eigenvalue weighted by molar-refractivity contribution is -0.0439. The Kier molecular flexibility index (Phi) is 3.68. The summed E-state index contributed by atoms with van der Waals surface area (Å²) in [6.07, 6.45) is 5.69. The Hall–Kier alpha value is -0.0800. The maximum atomic E-state index is 5.52. The van der Waals surface area contributed by atoms with Crippen LogP contribution < -0.4 is 0 Å². The number of rotatable bonds is 4. The number of hydrogen-bond donors (Lipinski definition) is 0. The van der Waals surface area contributed by atoms with Gasteiger partial charge in [0, 0.05) is 26.3 Å². The van der Waals surface area contributed by atoms with Crippen molar-refractivity contribution in [3.05, 3.63) is 0 Å². The highest BCUT2D eigenvalue weighted by Crippen LogP contribution is 2.45. The molecule has 2 rings (SSSR count). The zero-order valence-corrected chi connectivity index (χ0v) is 10.3. The second-order valence-electron chi connectivity index (χ2n) is 5.41. The van der Waals surface area contributed by atoms with Crippen molar-refractivity contribution in [1.82, 2.24) is 4.90 Å². The molecule has 1 aliphatic carbocycles. The van der Waals surface area contributed by atoms with Crippen LogP contribution in [0.2, 0.25) is 0 Å². The topological polar surface area (TPSA) is 12.5 Å². The largest absolute Gasteiger partial charge is 0.381 e. The molecule has 0 radical (unpaired) electrons. The van der Waals surface area contributed by atoms with Crippen molar-refractivity contribution in [2.75, 3.05) is 32.8 Å². The van der Waals surface area contributed by atoms with Gasteiger partial charge in [-0.2, -0.15) is 0 Å². The van der Waals surface area contributed by atoms with Crippen LogP contribution in [-0.4, -0.2) is 37.7 Å². The van der Waals surface area contributed by atoms with Crippen molar-refractivity contribution in [3.63, 3.8) is 0 Å². The molecule has 1 aliphatic heterocycles. The van der Waals surface area contributed by atoms with Gasteiger partial charge in [0.2, 0.25) is 0 Å².